The Kier molecular flexibility index (Phi) is 3.34. The van der Waals surface area contributed by atoms with Crippen LogP contribution in [-0.4, -0.2) is 0 Å². The summed E-state index contributed by atoms with van der Waals surface area (Å²) in [5, 5.41) is 0.304. The lowest BCUT2D eigenvalue weighted by Crippen LogP contribution is -1.90. The summed E-state index contributed by atoms with van der Waals surface area (Å²) in [4.78, 5) is 0. The van der Waals surface area contributed by atoms with Gasteiger partial charge in [-0.2, -0.15) is 25.3 Å². The molecule has 0 aromatic heterocycles. The maximum Gasteiger partial charge on any atom is 0.0241 e. The molecule has 0 unspecified atom stereocenters. The van der Waals surface area contributed by atoms with Crippen molar-refractivity contribution in [3.05, 3.63) is 35.4 Å². The summed E-state index contributed by atoms with van der Waals surface area (Å²) in [5.74, 6) is 0.793. The van der Waals surface area contributed by atoms with E-state index in [1.165, 1.54) is 11.1 Å². The molecule has 0 aliphatic heterocycles. The van der Waals surface area contributed by atoms with E-state index in [9.17, 15) is 0 Å². The smallest absolute Gasteiger partial charge is 0.0241 e. The van der Waals surface area contributed by atoms with Gasteiger partial charge in [-0.05, 0) is 18.1 Å². The van der Waals surface area contributed by atoms with Crippen molar-refractivity contribution in [2.45, 2.75) is 17.9 Å². The van der Waals surface area contributed by atoms with E-state index in [-0.39, 0.29) is 0 Å². The molecule has 1 rings (SSSR count). The zero-order valence-electron chi connectivity index (χ0n) is 6.49. The Morgan fingerprint density at radius 1 is 1.36 bits per heavy atom. The molecule has 0 fully saturated rings. The first-order valence-electron chi connectivity index (χ1n) is 3.62. The lowest BCUT2D eigenvalue weighted by molar-refractivity contribution is 1.08. The van der Waals surface area contributed by atoms with E-state index in [1.807, 2.05) is 12.1 Å². The van der Waals surface area contributed by atoms with Crippen molar-refractivity contribution < 1.29 is 0 Å². The third kappa shape index (κ3) is 2.17. The lowest BCUT2D eigenvalue weighted by atomic mass is 10.1. The molecule has 11 heavy (non-hydrogen) atoms. The highest BCUT2D eigenvalue weighted by Crippen LogP contribution is 2.23. The molecule has 0 N–H and O–H groups in total. The molecule has 0 radical (unpaired) electrons. The van der Waals surface area contributed by atoms with Crippen LogP contribution in [-0.2, 0) is 5.75 Å². The first-order valence-corrected chi connectivity index (χ1v) is 4.77. The van der Waals surface area contributed by atoms with Gasteiger partial charge in [0.2, 0.25) is 0 Å². The van der Waals surface area contributed by atoms with Crippen LogP contribution in [0.2, 0.25) is 0 Å². The molecule has 1 atom stereocenters. The monoisotopic (exact) mass is 184 g/mol. The Morgan fingerprint density at radius 3 is 2.45 bits per heavy atom. The summed E-state index contributed by atoms with van der Waals surface area (Å²) in [6.45, 7) is 2.07. The van der Waals surface area contributed by atoms with Gasteiger partial charge in [0.25, 0.3) is 0 Å². The summed E-state index contributed by atoms with van der Waals surface area (Å²) in [5.41, 5.74) is 2.56. The van der Waals surface area contributed by atoms with Crippen molar-refractivity contribution in [2.24, 2.45) is 0 Å². The Morgan fingerprint density at radius 2 is 2.00 bits per heavy atom. The number of thiol groups is 2. The van der Waals surface area contributed by atoms with E-state index in [4.69, 9.17) is 0 Å². The number of hydrogen-bond acceptors (Lipinski definition) is 2. The molecule has 1 aromatic carbocycles. The predicted octanol–water partition coefficient (Wildman–Crippen LogP) is 3.11. The Labute approximate surface area is 78.8 Å². The zero-order chi connectivity index (χ0) is 8.27. The van der Waals surface area contributed by atoms with Crippen molar-refractivity contribution in [3.8, 4) is 0 Å². The molecule has 0 amide bonds. The number of rotatable bonds is 2. The van der Waals surface area contributed by atoms with Crippen molar-refractivity contribution in [1.29, 1.82) is 0 Å². The van der Waals surface area contributed by atoms with Crippen LogP contribution in [0.5, 0.6) is 0 Å². The highest BCUT2D eigenvalue weighted by atomic mass is 32.1. The minimum absolute atomic E-state index is 0.304. The fraction of sp³-hybridized carbons (Fsp3) is 0.333. The molecule has 1 aromatic rings. The third-order valence-corrected chi connectivity index (χ3v) is 2.29. The van der Waals surface area contributed by atoms with Crippen LogP contribution >= 0.6 is 25.3 Å². The summed E-state index contributed by atoms with van der Waals surface area (Å²) < 4.78 is 0. The SMILES string of the molecule is C[C@H](S)c1ccccc1CS. The van der Waals surface area contributed by atoms with Gasteiger partial charge in [0.05, 0.1) is 0 Å². The number of benzene rings is 1. The molecule has 0 heterocycles. The number of hydrogen-bond donors (Lipinski definition) is 2. The van der Waals surface area contributed by atoms with Gasteiger partial charge in [-0.1, -0.05) is 24.3 Å². The average Bonchev–Trinajstić information content (AvgIpc) is 2.04. The quantitative estimate of drug-likeness (QED) is 0.648. The molecule has 2 heteroatoms. The Hall–Kier alpha value is -0.0800. The Bertz CT molecular complexity index is 231. The summed E-state index contributed by atoms with van der Waals surface area (Å²) in [7, 11) is 0. The van der Waals surface area contributed by atoms with Crippen LogP contribution < -0.4 is 0 Å². The Balaban J connectivity index is 3.02. The van der Waals surface area contributed by atoms with Crippen molar-refractivity contribution in [3.63, 3.8) is 0 Å². The van der Waals surface area contributed by atoms with Crippen LogP contribution in [0.25, 0.3) is 0 Å². The van der Waals surface area contributed by atoms with E-state index < -0.39 is 0 Å². The largest absolute Gasteiger partial charge is 0.175 e. The first-order chi connectivity index (χ1) is 5.25. The van der Waals surface area contributed by atoms with Gasteiger partial charge in [-0.15, -0.1) is 0 Å². The van der Waals surface area contributed by atoms with E-state index in [0.717, 1.165) is 5.75 Å². The van der Waals surface area contributed by atoms with Gasteiger partial charge >= 0.3 is 0 Å². The minimum Gasteiger partial charge on any atom is -0.175 e. The van der Waals surface area contributed by atoms with Gasteiger partial charge in [0, 0.05) is 11.0 Å². The summed E-state index contributed by atoms with van der Waals surface area (Å²) in [6, 6.07) is 8.26. The highest BCUT2D eigenvalue weighted by Gasteiger charge is 2.03. The van der Waals surface area contributed by atoms with Crippen molar-refractivity contribution in [1.82, 2.24) is 0 Å². The predicted molar refractivity (Wildman–Crippen MR) is 56.5 cm³/mol. The van der Waals surface area contributed by atoms with Gasteiger partial charge < -0.3 is 0 Å². The summed E-state index contributed by atoms with van der Waals surface area (Å²) in [6.07, 6.45) is 0. The molecule has 0 saturated heterocycles. The molecule has 0 bridgehead atoms. The van der Waals surface area contributed by atoms with Gasteiger partial charge in [-0.3, -0.25) is 0 Å². The first kappa shape index (κ1) is 9.01. The van der Waals surface area contributed by atoms with Crippen LogP contribution in [0.4, 0.5) is 0 Å². The standard InChI is InChI=1S/C9H12S2/c1-7(11)9-5-3-2-4-8(9)6-10/h2-5,7,10-11H,6H2,1H3/t7-/m0/s1. The van der Waals surface area contributed by atoms with E-state index in [2.05, 4.69) is 44.3 Å². The van der Waals surface area contributed by atoms with Crippen LogP contribution in [0.1, 0.15) is 23.3 Å². The van der Waals surface area contributed by atoms with Gasteiger partial charge in [0.15, 0.2) is 0 Å². The molecule has 0 aliphatic carbocycles. The average molecular weight is 184 g/mol. The molecule has 0 spiro atoms. The van der Waals surface area contributed by atoms with E-state index in [0.29, 0.717) is 5.25 Å². The van der Waals surface area contributed by atoms with Crippen LogP contribution in [0.15, 0.2) is 24.3 Å². The second kappa shape index (κ2) is 4.07. The maximum absolute atomic E-state index is 4.38. The van der Waals surface area contributed by atoms with Gasteiger partial charge in [0.1, 0.15) is 0 Å². The van der Waals surface area contributed by atoms with Crippen LogP contribution in [0, 0.1) is 0 Å². The molecular weight excluding hydrogens is 172 g/mol. The second-order valence-electron chi connectivity index (χ2n) is 2.53. The molecule has 0 nitrogen and oxygen atoms in total. The maximum atomic E-state index is 4.38. The molecule has 0 saturated carbocycles. The fourth-order valence-corrected chi connectivity index (χ4v) is 1.63. The van der Waals surface area contributed by atoms with Gasteiger partial charge in [-0.25, -0.2) is 0 Å². The normalized spacial score (nSPS) is 13.0. The molecular formula is C9H12S2. The van der Waals surface area contributed by atoms with Crippen molar-refractivity contribution in [2.75, 3.05) is 0 Å². The summed E-state index contributed by atoms with van der Waals surface area (Å²) >= 11 is 8.62. The topological polar surface area (TPSA) is 0 Å². The second-order valence-corrected chi connectivity index (χ2v) is 3.62. The van der Waals surface area contributed by atoms with E-state index >= 15 is 0 Å². The van der Waals surface area contributed by atoms with Crippen LogP contribution in [0.3, 0.4) is 0 Å². The third-order valence-electron chi connectivity index (χ3n) is 1.68. The van der Waals surface area contributed by atoms with Crippen molar-refractivity contribution >= 4 is 25.3 Å². The fourth-order valence-electron chi connectivity index (χ4n) is 1.09. The lowest BCUT2D eigenvalue weighted by Gasteiger charge is -2.08. The molecule has 0 aliphatic rings. The minimum atomic E-state index is 0.304. The molecule has 60 valence electrons. The van der Waals surface area contributed by atoms with E-state index in [1.54, 1.807) is 0 Å². The highest BCUT2D eigenvalue weighted by molar-refractivity contribution is 7.80. The zero-order valence-corrected chi connectivity index (χ0v) is 8.28.